The summed E-state index contributed by atoms with van der Waals surface area (Å²) in [4.78, 5) is 28.6. The van der Waals surface area contributed by atoms with E-state index < -0.39 is 11.6 Å². The van der Waals surface area contributed by atoms with Crippen LogP contribution in [0, 0.1) is 0 Å². The third kappa shape index (κ3) is 8.18. The molecule has 35 heavy (non-hydrogen) atoms. The maximum atomic E-state index is 13.5. The first-order chi connectivity index (χ1) is 16.7. The van der Waals surface area contributed by atoms with Crippen molar-refractivity contribution in [1.82, 2.24) is 10.2 Å². The van der Waals surface area contributed by atoms with Crippen LogP contribution in [0.15, 0.2) is 84.9 Å². The maximum absolute atomic E-state index is 13.5. The molecule has 0 bridgehead atoms. The second-order valence-electron chi connectivity index (χ2n) is 9.42. The van der Waals surface area contributed by atoms with E-state index in [0.717, 1.165) is 11.1 Å². The van der Waals surface area contributed by atoms with Crippen molar-refractivity contribution in [2.45, 2.75) is 45.3 Å². The minimum Gasteiger partial charge on any atom is -0.497 e. The Bertz CT molecular complexity index is 1080. The molecule has 0 aliphatic heterocycles. The molecule has 3 rings (SSSR count). The normalized spacial score (nSPS) is 11.9. The Morgan fingerprint density at radius 3 is 1.91 bits per heavy atom. The van der Waals surface area contributed by atoms with Gasteiger partial charge >= 0.3 is 0 Å². The predicted octanol–water partition coefficient (Wildman–Crippen LogP) is 4.63. The number of hydrogen-bond donors (Lipinski definition) is 1. The van der Waals surface area contributed by atoms with Crippen LogP contribution in [-0.2, 0) is 22.6 Å². The monoisotopic (exact) mass is 474 g/mol. The molecule has 0 saturated heterocycles. The van der Waals surface area contributed by atoms with Crippen molar-refractivity contribution in [2.75, 3.05) is 13.7 Å². The number of carbonyl (C=O) groups excluding carboxylic acids is 2. The zero-order valence-corrected chi connectivity index (χ0v) is 20.9. The number of carbonyl (C=O) groups is 2. The largest absolute Gasteiger partial charge is 0.497 e. The summed E-state index contributed by atoms with van der Waals surface area (Å²) in [6.45, 7) is 5.90. The number of methoxy groups -OCH3 is 1. The van der Waals surface area contributed by atoms with Crippen molar-refractivity contribution < 1.29 is 19.1 Å². The Morgan fingerprint density at radius 2 is 1.37 bits per heavy atom. The first kappa shape index (κ1) is 25.8. The highest BCUT2D eigenvalue weighted by atomic mass is 16.5. The lowest BCUT2D eigenvalue weighted by Crippen LogP contribution is -2.55. The van der Waals surface area contributed by atoms with E-state index in [9.17, 15) is 9.59 Å². The van der Waals surface area contributed by atoms with E-state index in [-0.39, 0.29) is 18.4 Å². The molecule has 1 N–H and O–H groups in total. The highest BCUT2D eigenvalue weighted by Gasteiger charge is 2.32. The summed E-state index contributed by atoms with van der Waals surface area (Å²) in [6.07, 6.45) is 0.393. The second kappa shape index (κ2) is 12.1. The molecule has 0 unspecified atom stereocenters. The highest BCUT2D eigenvalue weighted by Crippen LogP contribution is 2.19. The van der Waals surface area contributed by atoms with Crippen LogP contribution in [0.5, 0.6) is 11.5 Å². The van der Waals surface area contributed by atoms with Gasteiger partial charge in [0, 0.05) is 18.5 Å². The molecule has 6 heteroatoms. The van der Waals surface area contributed by atoms with E-state index in [1.807, 2.05) is 81.4 Å². The van der Waals surface area contributed by atoms with Crippen LogP contribution in [-0.4, -0.2) is 42.0 Å². The molecule has 0 radical (unpaired) electrons. The molecule has 0 heterocycles. The summed E-state index contributed by atoms with van der Waals surface area (Å²) in [5.41, 5.74) is 1.47. The van der Waals surface area contributed by atoms with Gasteiger partial charge in [-0.1, -0.05) is 60.7 Å². The minimum atomic E-state index is -0.705. The van der Waals surface area contributed by atoms with Crippen molar-refractivity contribution in [3.63, 3.8) is 0 Å². The second-order valence-corrected chi connectivity index (χ2v) is 9.42. The van der Waals surface area contributed by atoms with Gasteiger partial charge in [-0.3, -0.25) is 9.59 Å². The molecule has 0 spiro atoms. The minimum absolute atomic E-state index is 0.187. The van der Waals surface area contributed by atoms with Gasteiger partial charge in [0.1, 0.15) is 17.5 Å². The summed E-state index contributed by atoms with van der Waals surface area (Å²) in [6, 6.07) is 25.8. The third-order valence-corrected chi connectivity index (χ3v) is 5.39. The Balaban J connectivity index is 1.88. The molecular weight excluding hydrogens is 440 g/mol. The summed E-state index contributed by atoms with van der Waals surface area (Å²) in [5, 5.41) is 3.06. The van der Waals surface area contributed by atoms with E-state index in [4.69, 9.17) is 9.47 Å². The van der Waals surface area contributed by atoms with E-state index in [2.05, 4.69) is 5.32 Å². The Labute approximate surface area is 207 Å². The molecule has 3 aromatic rings. The van der Waals surface area contributed by atoms with Crippen LogP contribution in [0.2, 0.25) is 0 Å². The van der Waals surface area contributed by atoms with Gasteiger partial charge < -0.3 is 19.7 Å². The summed E-state index contributed by atoms with van der Waals surface area (Å²) in [5.74, 6) is 0.790. The number of nitrogens with zero attached hydrogens (tertiary/aromatic N) is 1. The van der Waals surface area contributed by atoms with E-state index in [0.29, 0.717) is 24.5 Å². The first-order valence-electron chi connectivity index (χ1n) is 11.7. The standard InChI is InChI=1S/C29H34N2O4/c1-29(2,3)30-28(33)26(19-22-11-7-5-8-12-22)31(20-23-13-9-6-10-14-23)27(32)21-35-25-17-15-24(34-4)16-18-25/h5-18,26H,19-21H2,1-4H3,(H,30,33)/t26-/m0/s1. The molecule has 0 aliphatic carbocycles. The quantitative estimate of drug-likeness (QED) is 0.465. The molecule has 2 amide bonds. The van der Waals surface area contributed by atoms with Crippen LogP contribution < -0.4 is 14.8 Å². The number of rotatable bonds is 10. The predicted molar refractivity (Wildman–Crippen MR) is 137 cm³/mol. The van der Waals surface area contributed by atoms with Gasteiger partial charge in [0.25, 0.3) is 5.91 Å². The lowest BCUT2D eigenvalue weighted by Gasteiger charge is -2.33. The van der Waals surface area contributed by atoms with Crippen molar-refractivity contribution in [1.29, 1.82) is 0 Å². The molecule has 184 valence electrons. The van der Waals surface area contributed by atoms with Gasteiger partial charge in [0.2, 0.25) is 5.91 Å². The van der Waals surface area contributed by atoms with E-state index in [1.54, 1.807) is 36.3 Å². The third-order valence-electron chi connectivity index (χ3n) is 5.39. The Morgan fingerprint density at radius 1 is 0.829 bits per heavy atom. The number of nitrogens with one attached hydrogen (secondary N) is 1. The number of ether oxygens (including phenoxy) is 2. The fourth-order valence-electron chi connectivity index (χ4n) is 3.69. The zero-order chi connectivity index (χ0) is 25.3. The molecule has 0 aromatic heterocycles. The van der Waals surface area contributed by atoms with Gasteiger partial charge in [0.15, 0.2) is 6.61 Å². The average Bonchev–Trinajstić information content (AvgIpc) is 2.85. The molecular formula is C29H34N2O4. The topological polar surface area (TPSA) is 67.9 Å². The smallest absolute Gasteiger partial charge is 0.261 e. The van der Waals surface area contributed by atoms with Gasteiger partial charge in [-0.2, -0.15) is 0 Å². The van der Waals surface area contributed by atoms with Gasteiger partial charge in [-0.05, 0) is 56.2 Å². The Hall–Kier alpha value is -3.80. The van der Waals surface area contributed by atoms with Crippen molar-refractivity contribution in [2.24, 2.45) is 0 Å². The molecule has 3 aromatic carbocycles. The first-order valence-corrected chi connectivity index (χ1v) is 11.7. The fourth-order valence-corrected chi connectivity index (χ4v) is 3.69. The lowest BCUT2D eigenvalue weighted by molar-refractivity contribution is -0.143. The van der Waals surface area contributed by atoms with Crippen LogP contribution in [0.3, 0.4) is 0 Å². The number of amides is 2. The van der Waals surface area contributed by atoms with Crippen LogP contribution in [0.4, 0.5) is 0 Å². The Kier molecular flexibility index (Phi) is 8.90. The molecule has 6 nitrogen and oxygen atoms in total. The van der Waals surface area contributed by atoms with Crippen molar-refractivity contribution >= 4 is 11.8 Å². The summed E-state index contributed by atoms with van der Waals surface area (Å²) < 4.78 is 11.0. The van der Waals surface area contributed by atoms with E-state index in [1.165, 1.54) is 0 Å². The number of benzene rings is 3. The molecule has 0 fully saturated rings. The van der Waals surface area contributed by atoms with Crippen LogP contribution in [0.25, 0.3) is 0 Å². The average molecular weight is 475 g/mol. The lowest BCUT2D eigenvalue weighted by atomic mass is 10.0. The van der Waals surface area contributed by atoms with Crippen LogP contribution >= 0.6 is 0 Å². The zero-order valence-electron chi connectivity index (χ0n) is 20.9. The molecule has 0 saturated carbocycles. The van der Waals surface area contributed by atoms with Crippen molar-refractivity contribution in [3.05, 3.63) is 96.1 Å². The van der Waals surface area contributed by atoms with Crippen LogP contribution in [0.1, 0.15) is 31.9 Å². The maximum Gasteiger partial charge on any atom is 0.261 e. The summed E-state index contributed by atoms with van der Waals surface area (Å²) >= 11 is 0. The summed E-state index contributed by atoms with van der Waals surface area (Å²) in [7, 11) is 1.59. The highest BCUT2D eigenvalue weighted by molar-refractivity contribution is 5.89. The van der Waals surface area contributed by atoms with Gasteiger partial charge in [0.05, 0.1) is 7.11 Å². The fraction of sp³-hybridized carbons (Fsp3) is 0.310. The van der Waals surface area contributed by atoms with Gasteiger partial charge in [-0.15, -0.1) is 0 Å². The van der Waals surface area contributed by atoms with Gasteiger partial charge in [-0.25, -0.2) is 0 Å². The number of hydrogen-bond acceptors (Lipinski definition) is 4. The van der Waals surface area contributed by atoms with E-state index >= 15 is 0 Å². The van der Waals surface area contributed by atoms with Crippen molar-refractivity contribution in [3.8, 4) is 11.5 Å². The molecule has 1 atom stereocenters. The SMILES string of the molecule is COc1ccc(OCC(=O)N(Cc2ccccc2)[C@@H](Cc2ccccc2)C(=O)NC(C)(C)C)cc1. The molecule has 0 aliphatic rings.